The summed E-state index contributed by atoms with van der Waals surface area (Å²) in [7, 11) is 0. The van der Waals surface area contributed by atoms with Crippen molar-refractivity contribution < 1.29 is 18.7 Å². The highest BCUT2D eigenvalue weighted by Gasteiger charge is 2.24. The second-order valence-electron chi connectivity index (χ2n) is 6.20. The highest BCUT2D eigenvalue weighted by atomic mass is 32.1. The number of aromatic nitrogens is 2. The minimum atomic E-state index is -0.956. The standard InChI is InChI=1S/C21H15FN2O3S/c1-12(19(25)16-10-23-17-5-3-2-4-15(16)17)27-21(26)18-11-28-20(24-18)13-6-8-14(22)9-7-13/h2-12,23H,1H3/t12-/m1/s1. The first kappa shape index (κ1) is 18.1. The zero-order chi connectivity index (χ0) is 19.7. The molecule has 0 unspecified atom stereocenters. The molecule has 7 heteroatoms. The van der Waals surface area contributed by atoms with E-state index >= 15 is 0 Å². The number of rotatable bonds is 5. The van der Waals surface area contributed by atoms with Crippen LogP contribution in [0, 0.1) is 5.82 Å². The summed E-state index contributed by atoms with van der Waals surface area (Å²) < 4.78 is 18.4. The normalized spacial score (nSPS) is 12.1. The van der Waals surface area contributed by atoms with Crippen molar-refractivity contribution in [2.75, 3.05) is 0 Å². The Balaban J connectivity index is 1.49. The number of aromatic amines is 1. The lowest BCUT2D eigenvalue weighted by molar-refractivity contribution is 0.0314. The van der Waals surface area contributed by atoms with Gasteiger partial charge in [-0.05, 0) is 37.3 Å². The quantitative estimate of drug-likeness (QED) is 0.388. The van der Waals surface area contributed by atoms with E-state index in [1.54, 1.807) is 23.7 Å². The number of nitrogens with zero attached hydrogens (tertiary/aromatic N) is 1. The Bertz CT molecular complexity index is 1160. The average molecular weight is 394 g/mol. The molecule has 1 N–H and O–H groups in total. The molecule has 2 aromatic heterocycles. The number of carbonyl (C=O) groups is 2. The van der Waals surface area contributed by atoms with Crippen molar-refractivity contribution in [2.45, 2.75) is 13.0 Å². The molecule has 0 fully saturated rings. The Hall–Kier alpha value is -3.32. The number of nitrogens with one attached hydrogen (secondary N) is 1. The van der Waals surface area contributed by atoms with Crippen LogP contribution in [0.3, 0.4) is 0 Å². The van der Waals surface area contributed by atoms with E-state index in [0.29, 0.717) is 16.1 Å². The molecule has 0 bridgehead atoms. The molecule has 0 aliphatic carbocycles. The molecule has 0 saturated carbocycles. The fourth-order valence-corrected chi connectivity index (χ4v) is 3.66. The summed E-state index contributed by atoms with van der Waals surface area (Å²) in [5, 5.41) is 2.91. The summed E-state index contributed by atoms with van der Waals surface area (Å²) in [5.74, 6) is -1.31. The van der Waals surface area contributed by atoms with Crippen LogP contribution in [-0.2, 0) is 4.74 Å². The number of hydrogen-bond acceptors (Lipinski definition) is 5. The van der Waals surface area contributed by atoms with Gasteiger partial charge in [-0.15, -0.1) is 11.3 Å². The van der Waals surface area contributed by atoms with Crippen LogP contribution in [0.2, 0.25) is 0 Å². The van der Waals surface area contributed by atoms with Crippen LogP contribution >= 0.6 is 11.3 Å². The number of benzene rings is 2. The van der Waals surface area contributed by atoms with Crippen LogP contribution in [0.5, 0.6) is 0 Å². The maximum absolute atomic E-state index is 13.0. The fourth-order valence-electron chi connectivity index (χ4n) is 2.86. The largest absolute Gasteiger partial charge is 0.450 e. The molecule has 0 aliphatic rings. The van der Waals surface area contributed by atoms with Crippen molar-refractivity contribution >= 4 is 34.0 Å². The van der Waals surface area contributed by atoms with Crippen LogP contribution in [0.4, 0.5) is 4.39 Å². The van der Waals surface area contributed by atoms with Gasteiger partial charge < -0.3 is 9.72 Å². The Labute approximate surface area is 163 Å². The molecule has 0 saturated heterocycles. The summed E-state index contributed by atoms with van der Waals surface area (Å²) in [6.45, 7) is 1.54. The SMILES string of the molecule is C[C@@H](OC(=O)c1csc(-c2ccc(F)cc2)n1)C(=O)c1c[nH]c2ccccc12. The molecule has 5 nitrogen and oxygen atoms in total. The molecule has 140 valence electrons. The zero-order valence-electron chi connectivity index (χ0n) is 14.8. The highest BCUT2D eigenvalue weighted by molar-refractivity contribution is 7.13. The number of ketones is 1. The molecule has 0 spiro atoms. The third-order valence-corrected chi connectivity index (χ3v) is 5.20. The molecule has 2 heterocycles. The lowest BCUT2D eigenvalue weighted by Gasteiger charge is -2.10. The van der Waals surface area contributed by atoms with E-state index in [1.807, 2.05) is 24.3 Å². The Morgan fingerprint density at radius 1 is 1.14 bits per heavy atom. The van der Waals surface area contributed by atoms with E-state index in [1.165, 1.54) is 30.4 Å². The fraction of sp³-hybridized carbons (Fsp3) is 0.0952. The molecule has 2 aromatic carbocycles. The number of fused-ring (bicyclic) bond motifs is 1. The second kappa shape index (κ2) is 7.36. The summed E-state index contributed by atoms with van der Waals surface area (Å²) in [6, 6.07) is 13.3. The maximum Gasteiger partial charge on any atom is 0.358 e. The number of hydrogen-bond donors (Lipinski definition) is 1. The van der Waals surface area contributed by atoms with Gasteiger partial charge in [0.1, 0.15) is 10.8 Å². The summed E-state index contributed by atoms with van der Waals surface area (Å²) in [6.07, 6.45) is 0.662. The number of carbonyl (C=O) groups excluding carboxylic acids is 2. The minimum Gasteiger partial charge on any atom is -0.450 e. The molecular formula is C21H15FN2O3S. The molecular weight excluding hydrogens is 379 g/mol. The lowest BCUT2D eigenvalue weighted by Crippen LogP contribution is -2.24. The number of H-pyrrole nitrogens is 1. The van der Waals surface area contributed by atoms with Crippen LogP contribution in [0.1, 0.15) is 27.8 Å². The van der Waals surface area contributed by atoms with Crippen LogP contribution in [0.15, 0.2) is 60.1 Å². The smallest absolute Gasteiger partial charge is 0.358 e. The Morgan fingerprint density at radius 3 is 2.68 bits per heavy atom. The van der Waals surface area contributed by atoms with Crippen molar-refractivity contribution in [1.29, 1.82) is 0 Å². The van der Waals surface area contributed by atoms with Gasteiger partial charge in [0.05, 0.1) is 0 Å². The Morgan fingerprint density at radius 2 is 1.89 bits per heavy atom. The first-order chi connectivity index (χ1) is 13.5. The maximum atomic E-state index is 13.0. The van der Waals surface area contributed by atoms with Crippen molar-refractivity contribution in [3.63, 3.8) is 0 Å². The van der Waals surface area contributed by atoms with Crippen LogP contribution < -0.4 is 0 Å². The van der Waals surface area contributed by atoms with Crippen LogP contribution in [-0.4, -0.2) is 27.8 Å². The third kappa shape index (κ3) is 3.44. The molecule has 0 radical (unpaired) electrons. The average Bonchev–Trinajstić information content (AvgIpc) is 3.35. The van der Waals surface area contributed by atoms with Crippen molar-refractivity contribution in [1.82, 2.24) is 9.97 Å². The molecule has 0 amide bonds. The third-order valence-electron chi connectivity index (χ3n) is 4.31. The monoisotopic (exact) mass is 394 g/mol. The predicted molar refractivity (Wildman–Crippen MR) is 105 cm³/mol. The van der Waals surface area contributed by atoms with Crippen molar-refractivity contribution in [3.05, 3.63) is 77.2 Å². The van der Waals surface area contributed by atoms with Gasteiger partial charge in [-0.2, -0.15) is 0 Å². The summed E-state index contributed by atoms with van der Waals surface area (Å²) in [5.41, 5.74) is 2.13. The van der Waals surface area contributed by atoms with Gasteiger partial charge in [0.25, 0.3) is 0 Å². The number of para-hydroxylation sites is 1. The molecule has 4 aromatic rings. The van der Waals surface area contributed by atoms with Crippen molar-refractivity contribution in [2.24, 2.45) is 0 Å². The number of Topliss-reactive ketones (excluding diaryl/α,β-unsaturated/α-hetero) is 1. The Kier molecular flexibility index (Phi) is 4.75. The molecule has 1 atom stereocenters. The van der Waals surface area contributed by atoms with Gasteiger partial charge in [0.2, 0.25) is 5.78 Å². The van der Waals surface area contributed by atoms with Gasteiger partial charge >= 0.3 is 5.97 Å². The van der Waals surface area contributed by atoms with E-state index in [0.717, 1.165) is 10.9 Å². The number of halogens is 1. The number of thiazole rings is 1. The minimum absolute atomic E-state index is 0.114. The zero-order valence-corrected chi connectivity index (χ0v) is 15.6. The number of ether oxygens (including phenoxy) is 1. The predicted octanol–water partition coefficient (Wildman–Crippen LogP) is 4.86. The van der Waals surface area contributed by atoms with Gasteiger partial charge in [0.15, 0.2) is 11.8 Å². The molecule has 4 rings (SSSR count). The van der Waals surface area contributed by atoms with Crippen molar-refractivity contribution in [3.8, 4) is 10.6 Å². The molecule has 0 aliphatic heterocycles. The number of esters is 1. The molecule has 28 heavy (non-hydrogen) atoms. The van der Waals surface area contributed by atoms with E-state index < -0.39 is 12.1 Å². The highest BCUT2D eigenvalue weighted by Crippen LogP contribution is 2.25. The second-order valence-corrected chi connectivity index (χ2v) is 7.06. The van der Waals surface area contributed by atoms with Gasteiger partial charge in [-0.3, -0.25) is 4.79 Å². The van der Waals surface area contributed by atoms with Gasteiger partial charge in [-0.1, -0.05) is 18.2 Å². The topological polar surface area (TPSA) is 72.0 Å². The van der Waals surface area contributed by atoms with E-state index in [9.17, 15) is 14.0 Å². The van der Waals surface area contributed by atoms with Gasteiger partial charge in [-0.25, -0.2) is 14.2 Å². The first-order valence-electron chi connectivity index (χ1n) is 8.55. The van der Waals surface area contributed by atoms with E-state index in [-0.39, 0.29) is 17.3 Å². The summed E-state index contributed by atoms with van der Waals surface area (Å²) >= 11 is 1.25. The van der Waals surface area contributed by atoms with Gasteiger partial charge in [0, 0.05) is 33.6 Å². The summed E-state index contributed by atoms with van der Waals surface area (Å²) in [4.78, 5) is 32.4. The lowest BCUT2D eigenvalue weighted by atomic mass is 10.1. The first-order valence-corrected chi connectivity index (χ1v) is 9.43. The van der Waals surface area contributed by atoms with E-state index in [2.05, 4.69) is 9.97 Å². The van der Waals surface area contributed by atoms with E-state index in [4.69, 9.17) is 4.74 Å². The van der Waals surface area contributed by atoms with Crippen LogP contribution in [0.25, 0.3) is 21.5 Å².